The Morgan fingerprint density at radius 2 is 1.38 bits per heavy atom. The molecule has 144 valence electrons. The Hall–Kier alpha value is -3.31. The van der Waals surface area contributed by atoms with Crippen LogP contribution in [0.3, 0.4) is 0 Å². The van der Waals surface area contributed by atoms with Crippen LogP contribution in [0.1, 0.15) is 6.92 Å². The molecule has 0 N–H and O–H groups in total. The van der Waals surface area contributed by atoms with Crippen molar-refractivity contribution in [2.75, 3.05) is 0 Å². The minimum absolute atomic E-state index is 0.616. The Labute approximate surface area is 173 Å². The van der Waals surface area contributed by atoms with Crippen LogP contribution in [-0.4, -0.2) is 20.8 Å². The van der Waals surface area contributed by atoms with E-state index in [1.54, 1.807) is 6.92 Å². The number of carbonyl (C=O) groups is 1. The molecule has 29 heavy (non-hydrogen) atoms. The lowest BCUT2D eigenvalue weighted by molar-refractivity contribution is -0.304. The normalized spacial score (nSPS) is 11.9. The van der Waals surface area contributed by atoms with Crippen molar-refractivity contribution < 1.29 is 9.90 Å². The second-order valence-corrected chi connectivity index (χ2v) is 7.88. The third kappa shape index (κ3) is 3.96. The summed E-state index contributed by atoms with van der Waals surface area (Å²) in [6.45, 7) is 1.62. The molecule has 0 saturated heterocycles. The fourth-order valence-electron chi connectivity index (χ4n) is 3.16. The molecular formula is C24H19N2O2S-. The Kier molecular flexibility index (Phi) is 5.49. The minimum Gasteiger partial charge on any atom is -0.549 e. The van der Waals surface area contributed by atoms with E-state index < -0.39 is 11.2 Å². The van der Waals surface area contributed by atoms with Crippen molar-refractivity contribution in [2.24, 2.45) is 0 Å². The number of aliphatic carboxylic acids is 1. The van der Waals surface area contributed by atoms with Crippen LogP contribution in [0.2, 0.25) is 0 Å². The van der Waals surface area contributed by atoms with Crippen molar-refractivity contribution in [2.45, 2.75) is 17.3 Å². The zero-order valence-electron chi connectivity index (χ0n) is 15.9. The highest BCUT2D eigenvalue weighted by atomic mass is 32.2. The molecule has 0 amide bonds. The van der Waals surface area contributed by atoms with Crippen LogP contribution in [-0.2, 0) is 4.79 Å². The van der Waals surface area contributed by atoms with Crippen molar-refractivity contribution in [3.8, 4) is 28.2 Å². The molecule has 0 bridgehead atoms. The van der Waals surface area contributed by atoms with E-state index in [9.17, 15) is 9.90 Å². The van der Waals surface area contributed by atoms with Gasteiger partial charge in [-0.3, -0.25) is 4.57 Å². The van der Waals surface area contributed by atoms with E-state index in [4.69, 9.17) is 4.98 Å². The molecule has 4 rings (SSSR count). The SMILES string of the molecule is C[C@H](Sc1nc(-c2ccccc2)c(-c2ccccc2)n1-c1ccccc1)C(=O)[O-]. The van der Waals surface area contributed by atoms with Gasteiger partial charge in [0, 0.05) is 22.1 Å². The summed E-state index contributed by atoms with van der Waals surface area (Å²) in [5, 5.41) is 11.3. The van der Waals surface area contributed by atoms with Gasteiger partial charge in [-0.2, -0.15) is 0 Å². The maximum absolute atomic E-state index is 11.4. The summed E-state index contributed by atoms with van der Waals surface area (Å²) < 4.78 is 2.03. The van der Waals surface area contributed by atoms with Gasteiger partial charge >= 0.3 is 0 Å². The number of thioether (sulfide) groups is 1. The lowest BCUT2D eigenvalue weighted by Gasteiger charge is -2.15. The van der Waals surface area contributed by atoms with Gasteiger partial charge < -0.3 is 9.90 Å². The predicted octanol–water partition coefficient (Wildman–Crippen LogP) is 4.44. The van der Waals surface area contributed by atoms with Crippen LogP contribution in [0.5, 0.6) is 0 Å². The molecule has 0 unspecified atom stereocenters. The number of hydrogen-bond donors (Lipinski definition) is 0. The van der Waals surface area contributed by atoms with Gasteiger partial charge in [0.25, 0.3) is 0 Å². The molecule has 5 heteroatoms. The molecule has 3 aromatic carbocycles. The zero-order chi connectivity index (χ0) is 20.2. The van der Waals surface area contributed by atoms with E-state index in [0.29, 0.717) is 5.16 Å². The molecule has 1 heterocycles. The van der Waals surface area contributed by atoms with Gasteiger partial charge in [-0.05, 0) is 19.1 Å². The van der Waals surface area contributed by atoms with Crippen molar-refractivity contribution in [3.63, 3.8) is 0 Å². The Morgan fingerprint density at radius 3 is 1.93 bits per heavy atom. The fourth-order valence-corrected chi connectivity index (χ4v) is 4.02. The van der Waals surface area contributed by atoms with E-state index >= 15 is 0 Å². The minimum atomic E-state index is -1.11. The molecule has 4 aromatic rings. The number of carboxylic acids is 1. The van der Waals surface area contributed by atoms with Crippen molar-refractivity contribution in [1.29, 1.82) is 0 Å². The highest BCUT2D eigenvalue weighted by Crippen LogP contribution is 2.39. The zero-order valence-corrected chi connectivity index (χ0v) is 16.7. The molecule has 0 aliphatic rings. The third-order valence-corrected chi connectivity index (χ3v) is 5.60. The summed E-state index contributed by atoms with van der Waals surface area (Å²) in [5.41, 5.74) is 4.65. The maximum Gasteiger partial charge on any atom is 0.174 e. The lowest BCUT2D eigenvalue weighted by Crippen LogP contribution is -2.31. The number of rotatable bonds is 6. The lowest BCUT2D eigenvalue weighted by atomic mass is 10.0. The van der Waals surface area contributed by atoms with Gasteiger partial charge in [-0.15, -0.1) is 0 Å². The molecule has 0 saturated carbocycles. The van der Waals surface area contributed by atoms with Crippen LogP contribution in [0, 0.1) is 0 Å². The second kappa shape index (κ2) is 8.37. The molecule has 0 fully saturated rings. The first kappa shape index (κ1) is 19.0. The summed E-state index contributed by atoms with van der Waals surface area (Å²) in [6.07, 6.45) is 0. The summed E-state index contributed by atoms with van der Waals surface area (Å²) in [4.78, 5) is 16.3. The van der Waals surface area contributed by atoms with E-state index in [1.807, 2.05) is 95.6 Å². The highest BCUT2D eigenvalue weighted by molar-refractivity contribution is 8.00. The maximum atomic E-state index is 11.4. The van der Waals surface area contributed by atoms with Gasteiger partial charge in [0.1, 0.15) is 0 Å². The number of carbonyl (C=O) groups excluding carboxylic acids is 1. The van der Waals surface area contributed by atoms with Gasteiger partial charge in [-0.25, -0.2) is 4.98 Å². The molecule has 1 atom stereocenters. The summed E-state index contributed by atoms with van der Waals surface area (Å²) in [7, 11) is 0. The summed E-state index contributed by atoms with van der Waals surface area (Å²) in [6, 6.07) is 29.9. The van der Waals surface area contributed by atoms with Gasteiger partial charge in [0.05, 0.1) is 17.4 Å². The fraction of sp³-hybridized carbons (Fsp3) is 0.0833. The summed E-state index contributed by atoms with van der Waals surface area (Å²) in [5.74, 6) is -1.11. The van der Waals surface area contributed by atoms with Crippen molar-refractivity contribution in [3.05, 3.63) is 91.0 Å². The highest BCUT2D eigenvalue weighted by Gasteiger charge is 2.23. The van der Waals surface area contributed by atoms with Crippen molar-refractivity contribution >= 4 is 17.7 Å². The quantitative estimate of drug-likeness (QED) is 0.450. The van der Waals surface area contributed by atoms with Gasteiger partial charge in [0.15, 0.2) is 5.16 Å². The van der Waals surface area contributed by atoms with Gasteiger partial charge in [0.2, 0.25) is 0 Å². The molecule has 4 nitrogen and oxygen atoms in total. The van der Waals surface area contributed by atoms with E-state index in [2.05, 4.69) is 0 Å². The van der Waals surface area contributed by atoms with Crippen LogP contribution < -0.4 is 5.11 Å². The van der Waals surface area contributed by atoms with Gasteiger partial charge in [-0.1, -0.05) is 90.6 Å². The first-order valence-corrected chi connectivity index (χ1v) is 10.2. The smallest absolute Gasteiger partial charge is 0.174 e. The van der Waals surface area contributed by atoms with Crippen LogP contribution in [0.4, 0.5) is 0 Å². The summed E-state index contributed by atoms with van der Waals surface area (Å²) >= 11 is 1.19. The standard InChI is InChI=1S/C24H20N2O2S/c1-17(23(27)28)29-24-25-21(18-11-5-2-6-12-18)22(19-13-7-3-8-14-19)26(24)20-15-9-4-10-16-20/h2-17H,1H3,(H,27,28)/p-1/t17-/m0/s1. The number of benzene rings is 3. The Balaban J connectivity index is 2.01. The number of carboxylic acid groups (broad SMARTS) is 1. The monoisotopic (exact) mass is 399 g/mol. The first-order valence-electron chi connectivity index (χ1n) is 9.31. The molecule has 1 aromatic heterocycles. The van der Waals surface area contributed by atoms with Crippen LogP contribution >= 0.6 is 11.8 Å². The number of para-hydroxylation sites is 1. The number of imidazole rings is 1. The molecule has 0 radical (unpaired) electrons. The molecular weight excluding hydrogens is 380 g/mol. The van der Waals surface area contributed by atoms with E-state index in [-0.39, 0.29) is 0 Å². The third-order valence-electron chi connectivity index (χ3n) is 4.57. The average molecular weight is 399 g/mol. The molecule has 0 aliphatic heterocycles. The Bertz CT molecular complexity index is 1110. The predicted molar refractivity (Wildman–Crippen MR) is 115 cm³/mol. The Morgan fingerprint density at radius 1 is 0.862 bits per heavy atom. The van der Waals surface area contributed by atoms with Crippen molar-refractivity contribution in [1.82, 2.24) is 9.55 Å². The second-order valence-electron chi connectivity index (χ2n) is 6.57. The topological polar surface area (TPSA) is 58.0 Å². The number of hydrogen-bond acceptors (Lipinski definition) is 4. The first-order chi connectivity index (χ1) is 14.1. The molecule has 0 aliphatic carbocycles. The van der Waals surface area contributed by atoms with Crippen LogP contribution in [0.15, 0.2) is 96.2 Å². The van der Waals surface area contributed by atoms with E-state index in [1.165, 1.54) is 11.8 Å². The van der Waals surface area contributed by atoms with Crippen LogP contribution in [0.25, 0.3) is 28.2 Å². The largest absolute Gasteiger partial charge is 0.549 e. The molecule has 0 spiro atoms. The average Bonchev–Trinajstić information content (AvgIpc) is 3.14. The van der Waals surface area contributed by atoms with E-state index in [0.717, 1.165) is 28.2 Å². The number of aromatic nitrogens is 2. The number of nitrogens with zero attached hydrogens (tertiary/aromatic N) is 2.